The Morgan fingerprint density at radius 1 is 1.04 bits per heavy atom. The molecule has 26 heavy (non-hydrogen) atoms. The van der Waals surface area contributed by atoms with E-state index in [-0.39, 0.29) is 23.7 Å². The summed E-state index contributed by atoms with van der Waals surface area (Å²) in [5.41, 5.74) is 1.34. The highest BCUT2D eigenvalue weighted by molar-refractivity contribution is 5.94. The molecule has 0 saturated heterocycles. The van der Waals surface area contributed by atoms with Crippen molar-refractivity contribution in [2.24, 2.45) is 17.8 Å². The van der Waals surface area contributed by atoms with Gasteiger partial charge in [0.05, 0.1) is 0 Å². The van der Waals surface area contributed by atoms with Gasteiger partial charge in [0.25, 0.3) is 5.91 Å². The van der Waals surface area contributed by atoms with E-state index in [0.29, 0.717) is 30.4 Å². The molecule has 140 valence electrons. The van der Waals surface area contributed by atoms with Crippen molar-refractivity contribution >= 4 is 11.8 Å². The molecule has 2 N–H and O–H groups in total. The van der Waals surface area contributed by atoms with E-state index in [4.69, 9.17) is 4.52 Å². The first-order valence-corrected chi connectivity index (χ1v) is 8.81. The fourth-order valence-electron chi connectivity index (χ4n) is 2.25. The number of hydrogen-bond acceptors (Lipinski definition) is 5. The number of carbonyl (C=O) groups excluding carboxylic acids is 2. The van der Waals surface area contributed by atoms with Crippen molar-refractivity contribution in [3.05, 3.63) is 36.2 Å². The van der Waals surface area contributed by atoms with Gasteiger partial charge in [-0.05, 0) is 24.0 Å². The van der Waals surface area contributed by atoms with Crippen molar-refractivity contribution in [3.8, 4) is 11.4 Å². The van der Waals surface area contributed by atoms with Crippen molar-refractivity contribution in [1.82, 2.24) is 20.8 Å². The van der Waals surface area contributed by atoms with Crippen LogP contribution < -0.4 is 10.6 Å². The van der Waals surface area contributed by atoms with Crippen LogP contribution in [0.2, 0.25) is 0 Å². The second-order valence-electron chi connectivity index (χ2n) is 6.93. The normalized spacial score (nSPS) is 13.3. The molecule has 0 radical (unpaired) electrons. The molecule has 2 atom stereocenters. The summed E-state index contributed by atoms with van der Waals surface area (Å²) in [6, 6.07) is 6.99. The molecular weight excluding hydrogens is 332 g/mol. The van der Waals surface area contributed by atoms with Crippen molar-refractivity contribution in [3.63, 3.8) is 0 Å². The van der Waals surface area contributed by atoms with Gasteiger partial charge in [-0.3, -0.25) is 9.59 Å². The molecule has 7 heteroatoms. The monoisotopic (exact) mass is 358 g/mol. The number of carbonyl (C=O) groups is 2. The Bertz CT molecular complexity index is 711. The highest BCUT2D eigenvalue weighted by Crippen LogP contribution is 2.15. The summed E-state index contributed by atoms with van der Waals surface area (Å²) >= 11 is 0. The van der Waals surface area contributed by atoms with E-state index >= 15 is 0 Å². The highest BCUT2D eigenvalue weighted by atomic mass is 16.5. The number of benzene rings is 1. The Morgan fingerprint density at radius 2 is 1.69 bits per heavy atom. The van der Waals surface area contributed by atoms with Gasteiger partial charge in [-0.2, -0.15) is 4.98 Å². The smallest absolute Gasteiger partial charge is 0.251 e. The minimum atomic E-state index is -0.154. The van der Waals surface area contributed by atoms with E-state index < -0.39 is 0 Å². The quantitative estimate of drug-likeness (QED) is 0.756. The highest BCUT2D eigenvalue weighted by Gasteiger charge is 2.17. The predicted molar refractivity (Wildman–Crippen MR) is 98.2 cm³/mol. The minimum Gasteiger partial charge on any atom is -0.356 e. The van der Waals surface area contributed by atoms with Crippen molar-refractivity contribution in [2.45, 2.75) is 27.7 Å². The zero-order valence-corrected chi connectivity index (χ0v) is 15.7. The van der Waals surface area contributed by atoms with Crippen molar-refractivity contribution < 1.29 is 14.1 Å². The van der Waals surface area contributed by atoms with E-state index in [1.807, 2.05) is 27.7 Å². The Hall–Kier alpha value is -2.70. The Balaban J connectivity index is 1.78. The van der Waals surface area contributed by atoms with E-state index in [9.17, 15) is 9.59 Å². The summed E-state index contributed by atoms with van der Waals surface area (Å²) in [4.78, 5) is 28.2. The van der Waals surface area contributed by atoms with Crippen LogP contribution in [0.15, 0.2) is 35.2 Å². The summed E-state index contributed by atoms with van der Waals surface area (Å²) in [6.07, 6.45) is 1.26. The van der Waals surface area contributed by atoms with E-state index in [1.165, 1.54) is 6.39 Å². The summed E-state index contributed by atoms with van der Waals surface area (Å²) in [5, 5.41) is 9.58. The Kier molecular flexibility index (Phi) is 6.89. The zero-order chi connectivity index (χ0) is 19.1. The lowest BCUT2D eigenvalue weighted by molar-refractivity contribution is -0.125. The first-order valence-electron chi connectivity index (χ1n) is 8.81. The third kappa shape index (κ3) is 5.40. The lowest BCUT2D eigenvalue weighted by atomic mass is 9.97. The number of amides is 2. The average Bonchev–Trinajstić information content (AvgIpc) is 3.18. The van der Waals surface area contributed by atoms with Crippen LogP contribution in [0.3, 0.4) is 0 Å². The lowest BCUT2D eigenvalue weighted by Crippen LogP contribution is -2.38. The maximum absolute atomic E-state index is 12.2. The fourth-order valence-corrected chi connectivity index (χ4v) is 2.25. The maximum Gasteiger partial charge on any atom is 0.251 e. The largest absolute Gasteiger partial charge is 0.356 e. The van der Waals surface area contributed by atoms with Gasteiger partial charge in [0.1, 0.15) is 0 Å². The molecule has 0 bridgehead atoms. The van der Waals surface area contributed by atoms with E-state index in [2.05, 4.69) is 20.8 Å². The van der Waals surface area contributed by atoms with E-state index in [0.717, 1.165) is 5.56 Å². The summed E-state index contributed by atoms with van der Waals surface area (Å²) in [5.74, 6) is 0.807. The van der Waals surface area contributed by atoms with Gasteiger partial charge in [0, 0.05) is 30.1 Å². The van der Waals surface area contributed by atoms with Crippen LogP contribution in [-0.2, 0) is 4.79 Å². The molecule has 2 amide bonds. The molecule has 2 rings (SSSR count). The van der Waals surface area contributed by atoms with Crippen LogP contribution in [0, 0.1) is 17.8 Å². The van der Waals surface area contributed by atoms with Crippen molar-refractivity contribution in [1.29, 1.82) is 0 Å². The number of nitrogens with one attached hydrogen (secondary N) is 2. The first-order chi connectivity index (χ1) is 12.4. The third-order valence-corrected chi connectivity index (χ3v) is 4.42. The molecule has 7 nitrogen and oxygen atoms in total. The standard InChI is InChI=1S/C19H26N4O3/c1-12(2)14(4)18(24)20-9-13(3)10-21-19(25)16-7-5-15(6-8-16)17-22-11-26-23-17/h5-8,11-14H,9-10H2,1-4H3,(H,20,24)(H,21,25). The van der Waals surface area contributed by atoms with Gasteiger partial charge < -0.3 is 15.2 Å². The first kappa shape index (κ1) is 19.6. The second kappa shape index (κ2) is 9.12. The van der Waals surface area contributed by atoms with Gasteiger partial charge in [-0.15, -0.1) is 0 Å². The van der Waals surface area contributed by atoms with Crippen LogP contribution in [-0.4, -0.2) is 35.0 Å². The maximum atomic E-state index is 12.2. The van der Waals surface area contributed by atoms with Gasteiger partial charge in [0.15, 0.2) is 0 Å². The molecule has 1 aromatic heterocycles. The van der Waals surface area contributed by atoms with Crippen LogP contribution in [0.4, 0.5) is 0 Å². The Labute approximate surface area is 153 Å². The molecular formula is C19H26N4O3. The summed E-state index contributed by atoms with van der Waals surface area (Å²) < 4.78 is 4.71. The van der Waals surface area contributed by atoms with Gasteiger partial charge >= 0.3 is 0 Å². The fraction of sp³-hybridized carbons (Fsp3) is 0.474. The molecule has 2 unspecified atom stereocenters. The number of hydrogen-bond donors (Lipinski definition) is 2. The molecule has 2 aromatic rings. The third-order valence-electron chi connectivity index (χ3n) is 4.42. The average molecular weight is 358 g/mol. The topological polar surface area (TPSA) is 97.1 Å². The molecule has 0 aliphatic heterocycles. The van der Waals surface area contributed by atoms with Gasteiger partial charge in [0.2, 0.25) is 18.1 Å². The van der Waals surface area contributed by atoms with Gasteiger partial charge in [-0.1, -0.05) is 45.0 Å². The van der Waals surface area contributed by atoms with Gasteiger partial charge in [-0.25, -0.2) is 0 Å². The van der Waals surface area contributed by atoms with E-state index in [1.54, 1.807) is 24.3 Å². The molecule has 0 fully saturated rings. The predicted octanol–water partition coefficient (Wildman–Crippen LogP) is 2.51. The SMILES string of the molecule is CC(CNC(=O)c1ccc(-c2ncon2)cc1)CNC(=O)C(C)C(C)C. The lowest BCUT2D eigenvalue weighted by Gasteiger charge is -2.18. The van der Waals surface area contributed by atoms with Crippen LogP contribution in [0.25, 0.3) is 11.4 Å². The number of rotatable bonds is 8. The molecule has 1 aromatic carbocycles. The van der Waals surface area contributed by atoms with Crippen LogP contribution in [0.1, 0.15) is 38.1 Å². The molecule has 0 spiro atoms. The molecule has 1 heterocycles. The second-order valence-corrected chi connectivity index (χ2v) is 6.93. The van der Waals surface area contributed by atoms with Crippen LogP contribution in [0.5, 0.6) is 0 Å². The number of nitrogens with zero attached hydrogens (tertiary/aromatic N) is 2. The minimum absolute atomic E-state index is 0.0190. The molecule has 0 aliphatic carbocycles. The van der Waals surface area contributed by atoms with Crippen molar-refractivity contribution in [2.75, 3.05) is 13.1 Å². The molecule has 0 aliphatic rings. The number of aromatic nitrogens is 2. The summed E-state index contributed by atoms with van der Waals surface area (Å²) in [7, 11) is 0. The molecule has 0 saturated carbocycles. The Morgan fingerprint density at radius 3 is 2.27 bits per heavy atom. The summed E-state index contributed by atoms with van der Waals surface area (Å²) in [6.45, 7) is 8.98. The van der Waals surface area contributed by atoms with Crippen LogP contribution >= 0.6 is 0 Å². The zero-order valence-electron chi connectivity index (χ0n) is 15.7.